The van der Waals surface area contributed by atoms with Gasteiger partial charge < -0.3 is 15.1 Å². The third kappa shape index (κ3) is 5.29. The summed E-state index contributed by atoms with van der Waals surface area (Å²) < 4.78 is 7.44. The predicted molar refractivity (Wildman–Crippen MR) is 113 cm³/mol. The van der Waals surface area contributed by atoms with Crippen LogP contribution in [0.25, 0.3) is 11.6 Å². The number of hydrogen-bond acceptors (Lipinski definition) is 6. The highest BCUT2D eigenvalue weighted by atomic mass is 32.2. The Labute approximate surface area is 178 Å². The molecule has 0 bridgehead atoms. The number of thioether (sulfide) groups is 1. The second kappa shape index (κ2) is 9.62. The first-order valence-electron chi connectivity index (χ1n) is 9.89. The molecule has 0 spiro atoms. The largest absolute Gasteiger partial charge is 0.461 e. The summed E-state index contributed by atoms with van der Waals surface area (Å²) in [5.41, 5.74) is 1.10. The number of carbonyl (C=O) groups excluding carboxylic acids is 2. The highest BCUT2D eigenvalue weighted by Crippen LogP contribution is 2.28. The van der Waals surface area contributed by atoms with Crippen LogP contribution in [-0.2, 0) is 16.1 Å². The minimum absolute atomic E-state index is 0.0816. The molecule has 1 fully saturated rings. The number of nitrogens with one attached hydrogen (secondary N) is 2. The van der Waals surface area contributed by atoms with Gasteiger partial charge in [-0.05, 0) is 30.5 Å². The average Bonchev–Trinajstić information content (AvgIpc) is 3.33. The first kappa shape index (κ1) is 20.2. The van der Waals surface area contributed by atoms with Crippen molar-refractivity contribution in [1.82, 2.24) is 25.4 Å². The van der Waals surface area contributed by atoms with Gasteiger partial charge in [-0.3, -0.25) is 14.2 Å². The second-order valence-corrected chi connectivity index (χ2v) is 8.00. The van der Waals surface area contributed by atoms with E-state index < -0.39 is 0 Å². The van der Waals surface area contributed by atoms with Crippen LogP contribution >= 0.6 is 11.8 Å². The van der Waals surface area contributed by atoms with Crippen molar-refractivity contribution in [2.24, 2.45) is 5.92 Å². The lowest BCUT2D eigenvalue weighted by molar-refractivity contribution is -0.123. The van der Waals surface area contributed by atoms with E-state index in [2.05, 4.69) is 20.8 Å². The molecule has 30 heavy (non-hydrogen) atoms. The summed E-state index contributed by atoms with van der Waals surface area (Å²) >= 11 is 1.32. The molecule has 0 radical (unpaired) electrons. The van der Waals surface area contributed by atoms with Crippen molar-refractivity contribution >= 4 is 23.6 Å². The van der Waals surface area contributed by atoms with Crippen LogP contribution in [-0.4, -0.2) is 45.4 Å². The summed E-state index contributed by atoms with van der Waals surface area (Å²) in [6.07, 6.45) is 3.54. The van der Waals surface area contributed by atoms with E-state index in [0.29, 0.717) is 36.4 Å². The lowest BCUT2D eigenvalue weighted by Crippen LogP contribution is -2.36. The summed E-state index contributed by atoms with van der Waals surface area (Å²) in [5, 5.41) is 14.8. The summed E-state index contributed by atoms with van der Waals surface area (Å²) in [6.45, 7) is 1.42. The van der Waals surface area contributed by atoms with Crippen molar-refractivity contribution in [3.8, 4) is 11.6 Å². The molecule has 9 heteroatoms. The van der Waals surface area contributed by atoms with Crippen molar-refractivity contribution in [2.45, 2.75) is 24.5 Å². The fourth-order valence-corrected chi connectivity index (χ4v) is 3.72. The molecule has 1 aliphatic rings. The van der Waals surface area contributed by atoms with Gasteiger partial charge in [0.2, 0.25) is 17.6 Å². The van der Waals surface area contributed by atoms with Gasteiger partial charge in [0.1, 0.15) is 0 Å². The molecule has 2 aromatic heterocycles. The number of amides is 2. The van der Waals surface area contributed by atoms with Crippen LogP contribution < -0.4 is 10.6 Å². The molecule has 2 amide bonds. The molecule has 2 heterocycles. The Bertz CT molecular complexity index is 984. The Kier molecular flexibility index (Phi) is 6.48. The maximum absolute atomic E-state index is 12.2. The van der Waals surface area contributed by atoms with E-state index in [1.54, 1.807) is 12.3 Å². The molecular weight excluding hydrogens is 402 g/mol. The Morgan fingerprint density at radius 2 is 1.87 bits per heavy atom. The van der Waals surface area contributed by atoms with E-state index in [9.17, 15) is 9.59 Å². The molecule has 0 unspecified atom stereocenters. The van der Waals surface area contributed by atoms with Crippen molar-refractivity contribution in [3.05, 3.63) is 54.3 Å². The van der Waals surface area contributed by atoms with Gasteiger partial charge in [-0.2, -0.15) is 0 Å². The zero-order valence-electron chi connectivity index (χ0n) is 16.4. The molecule has 3 aromatic rings. The Balaban J connectivity index is 1.34. The topological polar surface area (TPSA) is 102 Å². The maximum Gasteiger partial charge on any atom is 0.230 e. The fourth-order valence-electron chi connectivity index (χ4n) is 2.95. The molecule has 2 N–H and O–H groups in total. The van der Waals surface area contributed by atoms with E-state index in [-0.39, 0.29) is 23.5 Å². The summed E-state index contributed by atoms with van der Waals surface area (Å²) in [4.78, 5) is 23.8. The Morgan fingerprint density at radius 1 is 1.07 bits per heavy atom. The van der Waals surface area contributed by atoms with Gasteiger partial charge >= 0.3 is 0 Å². The smallest absolute Gasteiger partial charge is 0.230 e. The number of carbonyl (C=O) groups is 2. The van der Waals surface area contributed by atoms with Crippen LogP contribution in [0.5, 0.6) is 0 Å². The zero-order valence-corrected chi connectivity index (χ0v) is 17.2. The van der Waals surface area contributed by atoms with Gasteiger partial charge in [0.05, 0.1) is 18.6 Å². The molecule has 0 atom stereocenters. The van der Waals surface area contributed by atoms with Crippen molar-refractivity contribution < 1.29 is 14.0 Å². The van der Waals surface area contributed by atoms with E-state index in [1.165, 1.54) is 11.8 Å². The van der Waals surface area contributed by atoms with Gasteiger partial charge in [0.25, 0.3) is 0 Å². The predicted octanol–water partition coefficient (Wildman–Crippen LogP) is 2.32. The Morgan fingerprint density at radius 3 is 2.60 bits per heavy atom. The molecule has 4 rings (SSSR count). The van der Waals surface area contributed by atoms with Crippen LogP contribution in [0.1, 0.15) is 18.4 Å². The highest BCUT2D eigenvalue weighted by molar-refractivity contribution is 7.99. The van der Waals surface area contributed by atoms with Gasteiger partial charge in [-0.15, -0.1) is 10.2 Å². The van der Waals surface area contributed by atoms with E-state index in [1.807, 2.05) is 41.0 Å². The monoisotopic (exact) mass is 425 g/mol. The first-order valence-corrected chi connectivity index (χ1v) is 10.9. The summed E-state index contributed by atoms with van der Waals surface area (Å²) in [6, 6.07) is 13.6. The van der Waals surface area contributed by atoms with E-state index in [4.69, 9.17) is 4.42 Å². The first-order chi connectivity index (χ1) is 14.7. The fraction of sp³-hybridized carbons (Fsp3) is 0.333. The minimum Gasteiger partial charge on any atom is -0.461 e. The molecule has 0 aliphatic heterocycles. The molecule has 156 valence electrons. The van der Waals surface area contributed by atoms with Crippen LogP contribution in [0.4, 0.5) is 0 Å². The second-order valence-electron chi connectivity index (χ2n) is 7.06. The van der Waals surface area contributed by atoms with Gasteiger partial charge in [0, 0.05) is 19.0 Å². The maximum atomic E-state index is 12.2. The number of furan rings is 1. The van der Waals surface area contributed by atoms with E-state index >= 15 is 0 Å². The normalized spacial score (nSPS) is 13.2. The quantitative estimate of drug-likeness (QED) is 0.382. The minimum atomic E-state index is -0.116. The summed E-state index contributed by atoms with van der Waals surface area (Å²) in [5.74, 6) is 1.60. The van der Waals surface area contributed by atoms with E-state index in [0.717, 1.165) is 18.4 Å². The number of rotatable bonds is 10. The van der Waals surface area contributed by atoms with Crippen molar-refractivity contribution in [1.29, 1.82) is 0 Å². The standard InChI is InChI=1S/C21H23N5O3S/c27-18(22-10-11-23-20(28)16-8-9-16)14-30-21-25-24-19(17-7-4-12-29-17)26(21)13-15-5-2-1-3-6-15/h1-7,12,16H,8-11,13-14H2,(H,22,27)(H,23,28). The Hall–Kier alpha value is -3.07. The SMILES string of the molecule is O=C(CSc1nnc(-c2ccco2)n1Cc1ccccc1)NCCNC(=O)C1CC1. The average molecular weight is 426 g/mol. The van der Waals surface area contributed by atoms with Gasteiger partial charge in [-0.25, -0.2) is 0 Å². The number of nitrogens with zero attached hydrogens (tertiary/aromatic N) is 3. The van der Waals surface area contributed by atoms with Crippen LogP contribution in [0.15, 0.2) is 58.3 Å². The highest BCUT2D eigenvalue weighted by Gasteiger charge is 2.29. The number of benzene rings is 1. The molecular formula is C21H23N5O3S. The molecule has 1 aromatic carbocycles. The van der Waals surface area contributed by atoms with Crippen molar-refractivity contribution in [2.75, 3.05) is 18.8 Å². The lowest BCUT2D eigenvalue weighted by Gasteiger charge is -2.10. The van der Waals surface area contributed by atoms with Gasteiger partial charge in [-0.1, -0.05) is 42.1 Å². The molecule has 1 aliphatic carbocycles. The number of hydrogen-bond donors (Lipinski definition) is 2. The van der Waals surface area contributed by atoms with Crippen molar-refractivity contribution in [3.63, 3.8) is 0 Å². The number of aromatic nitrogens is 3. The van der Waals surface area contributed by atoms with Crippen LogP contribution in [0.3, 0.4) is 0 Å². The molecule has 8 nitrogen and oxygen atoms in total. The third-order valence-corrected chi connectivity index (χ3v) is 5.64. The van der Waals surface area contributed by atoms with Crippen LogP contribution in [0.2, 0.25) is 0 Å². The third-order valence-electron chi connectivity index (χ3n) is 4.67. The van der Waals surface area contributed by atoms with Gasteiger partial charge in [0.15, 0.2) is 10.9 Å². The van der Waals surface area contributed by atoms with Crippen LogP contribution in [0, 0.1) is 5.92 Å². The zero-order chi connectivity index (χ0) is 20.8. The lowest BCUT2D eigenvalue weighted by atomic mass is 10.2. The summed E-state index contributed by atoms with van der Waals surface area (Å²) in [7, 11) is 0. The molecule has 0 saturated heterocycles. The molecule has 1 saturated carbocycles.